The second-order valence-electron chi connectivity index (χ2n) is 3.27. The molecule has 0 aliphatic heterocycles. The standard InChI is InChI=1S/C10H8Cl2N2O4/c1-16-7-4-8(17-2)6(3-5(7)11)14-9(12)10(15)18-13-14/h3-4H,1-2H3/p+1. The lowest BCUT2D eigenvalue weighted by Gasteiger charge is -2.06. The van der Waals surface area contributed by atoms with Crippen LogP contribution in [0.3, 0.4) is 0 Å². The van der Waals surface area contributed by atoms with E-state index in [0.29, 0.717) is 22.2 Å². The molecule has 0 amide bonds. The maximum absolute atomic E-state index is 11.2. The van der Waals surface area contributed by atoms with Crippen LogP contribution in [0, 0.1) is 0 Å². The Hall–Kier alpha value is -1.66. The fourth-order valence-corrected chi connectivity index (χ4v) is 1.83. The molecular weight excluding hydrogens is 283 g/mol. The molecule has 0 fully saturated rings. The first kappa shape index (κ1) is 12.8. The minimum atomic E-state index is -0.689. The van der Waals surface area contributed by atoms with Gasteiger partial charge in [0, 0.05) is 23.7 Å². The van der Waals surface area contributed by atoms with Crippen molar-refractivity contribution in [3.8, 4) is 17.2 Å². The zero-order valence-corrected chi connectivity index (χ0v) is 11.0. The average molecular weight is 292 g/mol. The third kappa shape index (κ3) is 2.04. The summed E-state index contributed by atoms with van der Waals surface area (Å²) in [5.41, 5.74) is -0.259. The highest BCUT2D eigenvalue weighted by Gasteiger charge is 2.26. The number of H-pyrrole nitrogens is 1. The lowest BCUT2D eigenvalue weighted by molar-refractivity contribution is -0.668. The molecule has 1 N–H and O–H groups in total. The third-order valence-electron chi connectivity index (χ3n) is 2.29. The molecule has 0 bridgehead atoms. The monoisotopic (exact) mass is 291 g/mol. The van der Waals surface area contributed by atoms with Gasteiger partial charge in [0.15, 0.2) is 5.75 Å². The van der Waals surface area contributed by atoms with Crippen LogP contribution >= 0.6 is 23.2 Å². The average Bonchev–Trinajstić information content (AvgIpc) is 2.70. The molecule has 6 nitrogen and oxygen atoms in total. The van der Waals surface area contributed by atoms with E-state index in [1.807, 2.05) is 0 Å². The van der Waals surface area contributed by atoms with Gasteiger partial charge in [0.1, 0.15) is 5.75 Å². The second-order valence-corrected chi connectivity index (χ2v) is 4.03. The van der Waals surface area contributed by atoms with Crippen LogP contribution in [0.5, 0.6) is 11.5 Å². The van der Waals surface area contributed by atoms with Crippen LogP contribution in [0.25, 0.3) is 5.69 Å². The van der Waals surface area contributed by atoms with Crippen molar-refractivity contribution in [3.05, 3.63) is 32.7 Å². The molecule has 0 unspecified atom stereocenters. The zero-order valence-electron chi connectivity index (χ0n) is 9.49. The molecule has 8 heteroatoms. The van der Waals surface area contributed by atoms with Crippen LogP contribution in [0.4, 0.5) is 0 Å². The van der Waals surface area contributed by atoms with Crippen LogP contribution in [-0.4, -0.2) is 19.5 Å². The highest BCUT2D eigenvalue weighted by Crippen LogP contribution is 2.32. The van der Waals surface area contributed by atoms with Crippen LogP contribution in [0.1, 0.15) is 0 Å². The Balaban J connectivity index is 2.67. The van der Waals surface area contributed by atoms with Crippen molar-refractivity contribution in [3.63, 3.8) is 0 Å². The molecule has 0 radical (unpaired) electrons. The topological polar surface area (TPSA) is 68.3 Å². The van der Waals surface area contributed by atoms with E-state index in [1.54, 1.807) is 6.07 Å². The Morgan fingerprint density at radius 2 is 1.89 bits per heavy atom. The van der Waals surface area contributed by atoms with Gasteiger partial charge in [-0.1, -0.05) is 11.6 Å². The summed E-state index contributed by atoms with van der Waals surface area (Å²) in [5, 5.41) is 2.55. The lowest BCUT2D eigenvalue weighted by Crippen LogP contribution is -2.35. The van der Waals surface area contributed by atoms with E-state index in [2.05, 4.69) is 9.79 Å². The molecule has 0 atom stereocenters. The van der Waals surface area contributed by atoms with Crippen molar-refractivity contribution >= 4 is 23.2 Å². The van der Waals surface area contributed by atoms with Crippen molar-refractivity contribution in [1.82, 2.24) is 5.27 Å². The largest absolute Gasteiger partial charge is 0.495 e. The van der Waals surface area contributed by atoms with Crippen molar-refractivity contribution in [2.75, 3.05) is 14.2 Å². The van der Waals surface area contributed by atoms with Crippen LogP contribution < -0.4 is 19.8 Å². The van der Waals surface area contributed by atoms with Crippen LogP contribution in [-0.2, 0) is 0 Å². The normalized spacial score (nSPS) is 10.4. The number of aromatic amines is 1. The fraction of sp³-hybridized carbons (Fsp3) is 0.200. The number of hydrogen-bond acceptors (Lipinski definition) is 4. The van der Waals surface area contributed by atoms with Gasteiger partial charge in [-0.2, -0.15) is 0 Å². The number of nitrogens with zero attached hydrogens (tertiary/aromatic N) is 1. The number of aromatic nitrogens is 2. The maximum Gasteiger partial charge on any atom is 0.447 e. The fourth-order valence-electron chi connectivity index (χ4n) is 1.43. The minimum Gasteiger partial charge on any atom is -0.495 e. The Bertz CT molecular complexity index is 635. The predicted molar refractivity (Wildman–Crippen MR) is 64.0 cm³/mol. The molecule has 0 saturated heterocycles. The third-order valence-corrected chi connectivity index (χ3v) is 2.91. The molecule has 1 heterocycles. The van der Waals surface area contributed by atoms with E-state index in [-0.39, 0.29) is 5.15 Å². The molecule has 0 aliphatic rings. The summed E-state index contributed by atoms with van der Waals surface area (Å²) < 4.78 is 16.0. The van der Waals surface area contributed by atoms with Gasteiger partial charge in [0.2, 0.25) is 0 Å². The van der Waals surface area contributed by atoms with E-state index < -0.39 is 5.63 Å². The molecular formula is C10H9Cl2N2O4+. The number of ether oxygens (including phenoxy) is 2. The molecule has 1 aromatic carbocycles. The maximum atomic E-state index is 11.2. The molecule has 96 valence electrons. The minimum absolute atomic E-state index is 0.144. The zero-order chi connectivity index (χ0) is 13.3. The summed E-state index contributed by atoms with van der Waals surface area (Å²) in [5.74, 6) is 0.861. The first-order valence-corrected chi connectivity index (χ1v) is 5.55. The van der Waals surface area contributed by atoms with E-state index in [1.165, 1.54) is 25.0 Å². The Morgan fingerprint density at radius 1 is 1.22 bits per heavy atom. The summed E-state index contributed by atoms with van der Waals surface area (Å²) in [6.45, 7) is 0. The van der Waals surface area contributed by atoms with E-state index in [4.69, 9.17) is 32.7 Å². The molecule has 2 aromatic rings. The smallest absolute Gasteiger partial charge is 0.447 e. The van der Waals surface area contributed by atoms with Crippen molar-refractivity contribution < 1.29 is 18.7 Å². The first-order valence-electron chi connectivity index (χ1n) is 4.79. The van der Waals surface area contributed by atoms with Gasteiger partial charge in [-0.15, -0.1) is 0 Å². The van der Waals surface area contributed by atoms with Gasteiger partial charge in [-0.25, -0.2) is 4.79 Å². The van der Waals surface area contributed by atoms with Gasteiger partial charge >= 0.3 is 10.8 Å². The van der Waals surface area contributed by atoms with Gasteiger partial charge in [0.05, 0.1) is 19.2 Å². The highest BCUT2D eigenvalue weighted by atomic mass is 35.5. The van der Waals surface area contributed by atoms with Crippen LogP contribution in [0.15, 0.2) is 21.5 Å². The summed E-state index contributed by atoms with van der Waals surface area (Å²) in [7, 11) is 2.96. The molecule has 18 heavy (non-hydrogen) atoms. The molecule has 0 saturated carbocycles. The predicted octanol–water partition coefficient (Wildman–Crippen LogP) is 1.57. The summed E-state index contributed by atoms with van der Waals surface area (Å²) >= 11 is 11.8. The SMILES string of the molecule is COc1cc(OC)c(-[n+]2[nH]oc(=O)c2Cl)cc1Cl. The molecule has 0 spiro atoms. The number of rotatable bonds is 3. The number of nitrogens with one attached hydrogen (secondary N) is 1. The van der Waals surface area contributed by atoms with Crippen molar-refractivity contribution in [2.24, 2.45) is 0 Å². The molecule has 2 rings (SSSR count). The Kier molecular flexibility index (Phi) is 3.49. The quantitative estimate of drug-likeness (QED) is 0.872. The highest BCUT2D eigenvalue weighted by molar-refractivity contribution is 6.32. The number of benzene rings is 1. The van der Waals surface area contributed by atoms with Gasteiger partial charge in [-0.3, -0.25) is 4.52 Å². The summed E-state index contributed by atoms with van der Waals surface area (Å²) in [6, 6.07) is 3.11. The van der Waals surface area contributed by atoms with Crippen molar-refractivity contribution in [2.45, 2.75) is 0 Å². The number of methoxy groups -OCH3 is 2. The molecule has 0 aliphatic carbocycles. The van der Waals surface area contributed by atoms with E-state index in [9.17, 15) is 4.79 Å². The second kappa shape index (κ2) is 4.91. The van der Waals surface area contributed by atoms with E-state index >= 15 is 0 Å². The Morgan fingerprint density at radius 3 is 2.39 bits per heavy atom. The number of hydrogen-bond donors (Lipinski definition) is 1. The van der Waals surface area contributed by atoms with Gasteiger partial charge in [0.25, 0.3) is 5.69 Å². The van der Waals surface area contributed by atoms with E-state index in [0.717, 1.165) is 0 Å². The van der Waals surface area contributed by atoms with Gasteiger partial charge in [-0.05, 0) is 9.95 Å². The Labute approximate surface area is 112 Å². The number of halogens is 2. The summed E-state index contributed by atoms with van der Waals surface area (Å²) in [6.07, 6.45) is 0. The van der Waals surface area contributed by atoms with Crippen LogP contribution in [0.2, 0.25) is 10.2 Å². The molecule has 1 aromatic heterocycles. The van der Waals surface area contributed by atoms with Gasteiger partial charge < -0.3 is 9.47 Å². The first-order chi connectivity index (χ1) is 8.58. The summed E-state index contributed by atoms with van der Waals surface area (Å²) in [4.78, 5) is 11.2. The lowest BCUT2D eigenvalue weighted by atomic mass is 10.2. The van der Waals surface area contributed by atoms with Crippen molar-refractivity contribution in [1.29, 1.82) is 0 Å².